The van der Waals surface area contributed by atoms with E-state index in [-0.39, 0.29) is 5.91 Å². The summed E-state index contributed by atoms with van der Waals surface area (Å²) >= 11 is 0. The Kier molecular flexibility index (Phi) is 5.16. The second-order valence-corrected chi connectivity index (χ2v) is 4.88. The standard InChI is InChI=1S/C14H22N2O2/c1-9(2)8-18-11(4)14(17)16-13-7-5-6-12(15)10(13)3/h5-7,9,11H,8,15H2,1-4H3,(H,16,17). The molecule has 1 rings (SSSR count). The molecule has 0 heterocycles. The van der Waals surface area contributed by atoms with Crippen molar-refractivity contribution in [3.63, 3.8) is 0 Å². The molecule has 3 N–H and O–H groups in total. The van der Waals surface area contributed by atoms with Gasteiger partial charge in [0.2, 0.25) is 0 Å². The fourth-order valence-electron chi connectivity index (χ4n) is 1.44. The zero-order chi connectivity index (χ0) is 13.7. The molecular weight excluding hydrogens is 228 g/mol. The van der Waals surface area contributed by atoms with E-state index in [0.717, 1.165) is 11.3 Å². The molecule has 1 amide bonds. The minimum Gasteiger partial charge on any atom is -0.398 e. The molecule has 18 heavy (non-hydrogen) atoms. The highest BCUT2D eigenvalue weighted by Gasteiger charge is 2.15. The van der Waals surface area contributed by atoms with Crippen molar-refractivity contribution < 1.29 is 9.53 Å². The topological polar surface area (TPSA) is 64.3 Å². The lowest BCUT2D eigenvalue weighted by molar-refractivity contribution is -0.126. The minimum atomic E-state index is -0.465. The largest absolute Gasteiger partial charge is 0.398 e. The molecule has 4 nitrogen and oxygen atoms in total. The summed E-state index contributed by atoms with van der Waals surface area (Å²) in [5, 5.41) is 2.83. The van der Waals surface area contributed by atoms with Crippen LogP contribution < -0.4 is 11.1 Å². The smallest absolute Gasteiger partial charge is 0.253 e. The van der Waals surface area contributed by atoms with Crippen LogP contribution in [0.15, 0.2) is 18.2 Å². The van der Waals surface area contributed by atoms with Crippen LogP contribution in [0.2, 0.25) is 0 Å². The van der Waals surface area contributed by atoms with Crippen molar-refractivity contribution in [3.05, 3.63) is 23.8 Å². The van der Waals surface area contributed by atoms with Crippen LogP contribution in [-0.2, 0) is 9.53 Å². The SMILES string of the molecule is Cc1c(N)cccc1NC(=O)C(C)OCC(C)C. The number of carbonyl (C=O) groups is 1. The van der Waals surface area contributed by atoms with Crippen molar-refractivity contribution in [2.45, 2.75) is 33.8 Å². The second kappa shape index (κ2) is 6.40. The van der Waals surface area contributed by atoms with Crippen molar-refractivity contribution >= 4 is 17.3 Å². The first-order valence-corrected chi connectivity index (χ1v) is 6.19. The average molecular weight is 250 g/mol. The fourth-order valence-corrected chi connectivity index (χ4v) is 1.44. The molecule has 0 aliphatic carbocycles. The van der Waals surface area contributed by atoms with Crippen molar-refractivity contribution in [3.8, 4) is 0 Å². The monoisotopic (exact) mass is 250 g/mol. The molecule has 0 saturated heterocycles. The number of rotatable bonds is 5. The summed E-state index contributed by atoms with van der Waals surface area (Å²) in [6.45, 7) is 8.30. The molecule has 1 atom stereocenters. The first-order valence-electron chi connectivity index (χ1n) is 6.19. The maximum absolute atomic E-state index is 11.9. The van der Waals surface area contributed by atoms with Crippen LogP contribution in [0.4, 0.5) is 11.4 Å². The molecule has 0 aromatic heterocycles. The lowest BCUT2D eigenvalue weighted by Gasteiger charge is -2.16. The third-order valence-corrected chi connectivity index (χ3v) is 2.68. The van der Waals surface area contributed by atoms with Crippen molar-refractivity contribution in [2.24, 2.45) is 5.92 Å². The van der Waals surface area contributed by atoms with Gasteiger partial charge in [0, 0.05) is 18.0 Å². The molecule has 0 aliphatic rings. The Balaban J connectivity index is 2.61. The van der Waals surface area contributed by atoms with E-state index in [4.69, 9.17) is 10.5 Å². The summed E-state index contributed by atoms with van der Waals surface area (Å²) in [5.41, 5.74) is 8.07. The predicted molar refractivity (Wildman–Crippen MR) is 74.5 cm³/mol. The summed E-state index contributed by atoms with van der Waals surface area (Å²) in [7, 11) is 0. The van der Waals surface area contributed by atoms with E-state index in [9.17, 15) is 4.79 Å². The van der Waals surface area contributed by atoms with Gasteiger partial charge >= 0.3 is 0 Å². The normalized spacial score (nSPS) is 12.5. The van der Waals surface area contributed by atoms with Crippen LogP contribution in [0.25, 0.3) is 0 Å². The van der Waals surface area contributed by atoms with E-state index < -0.39 is 6.10 Å². The van der Waals surface area contributed by atoms with Crippen molar-refractivity contribution in [2.75, 3.05) is 17.7 Å². The third kappa shape index (κ3) is 4.04. The number of hydrogen-bond donors (Lipinski definition) is 2. The average Bonchev–Trinajstić information content (AvgIpc) is 2.31. The Labute approximate surface area is 109 Å². The molecule has 0 saturated carbocycles. The molecule has 1 aromatic carbocycles. The molecule has 0 bridgehead atoms. The molecule has 4 heteroatoms. The van der Waals surface area contributed by atoms with Crippen molar-refractivity contribution in [1.82, 2.24) is 0 Å². The van der Waals surface area contributed by atoms with Gasteiger partial charge in [0.05, 0.1) is 0 Å². The number of nitrogens with two attached hydrogens (primary N) is 1. The number of anilines is 2. The highest BCUT2D eigenvalue weighted by atomic mass is 16.5. The highest BCUT2D eigenvalue weighted by molar-refractivity contribution is 5.95. The maximum atomic E-state index is 11.9. The van der Waals surface area contributed by atoms with Gasteiger partial charge in [0.15, 0.2) is 0 Å². The molecule has 0 aliphatic heterocycles. The van der Waals surface area contributed by atoms with Gasteiger partial charge in [-0.2, -0.15) is 0 Å². The van der Waals surface area contributed by atoms with E-state index in [1.165, 1.54) is 0 Å². The number of nitrogen functional groups attached to an aromatic ring is 1. The van der Waals surface area contributed by atoms with Gasteiger partial charge in [-0.25, -0.2) is 0 Å². The van der Waals surface area contributed by atoms with Crippen LogP contribution in [0, 0.1) is 12.8 Å². The summed E-state index contributed by atoms with van der Waals surface area (Å²) in [6, 6.07) is 5.46. The minimum absolute atomic E-state index is 0.149. The Bertz CT molecular complexity index is 416. The summed E-state index contributed by atoms with van der Waals surface area (Å²) in [5.74, 6) is 0.263. The highest BCUT2D eigenvalue weighted by Crippen LogP contribution is 2.20. The van der Waals surface area contributed by atoms with Crippen LogP contribution in [0.3, 0.4) is 0 Å². The Hall–Kier alpha value is -1.55. The van der Waals surface area contributed by atoms with E-state index >= 15 is 0 Å². The number of carbonyl (C=O) groups excluding carboxylic acids is 1. The van der Waals surface area contributed by atoms with Gasteiger partial charge in [-0.15, -0.1) is 0 Å². The van der Waals surface area contributed by atoms with Gasteiger partial charge < -0.3 is 15.8 Å². The zero-order valence-corrected chi connectivity index (χ0v) is 11.5. The lowest BCUT2D eigenvalue weighted by atomic mass is 10.1. The van der Waals surface area contributed by atoms with Crippen LogP contribution >= 0.6 is 0 Å². The quantitative estimate of drug-likeness (QED) is 0.789. The summed E-state index contributed by atoms with van der Waals surface area (Å²) in [6.07, 6.45) is -0.465. The molecule has 0 fully saturated rings. The molecule has 100 valence electrons. The molecule has 0 radical (unpaired) electrons. The Morgan fingerprint density at radius 1 is 1.39 bits per heavy atom. The van der Waals surface area contributed by atoms with Gasteiger partial charge in [-0.3, -0.25) is 4.79 Å². The summed E-state index contributed by atoms with van der Waals surface area (Å²) < 4.78 is 5.46. The number of amides is 1. The van der Waals surface area contributed by atoms with Crippen molar-refractivity contribution in [1.29, 1.82) is 0 Å². The third-order valence-electron chi connectivity index (χ3n) is 2.68. The first-order chi connectivity index (χ1) is 8.41. The van der Waals surface area contributed by atoms with E-state index in [1.807, 2.05) is 39.0 Å². The molecular formula is C14H22N2O2. The molecule has 1 aromatic rings. The molecule has 1 unspecified atom stereocenters. The van der Waals surface area contributed by atoms with Gasteiger partial charge in [0.1, 0.15) is 6.10 Å². The summed E-state index contributed by atoms with van der Waals surface area (Å²) in [4.78, 5) is 11.9. The predicted octanol–water partition coefficient (Wildman–Crippen LogP) is 2.58. The zero-order valence-electron chi connectivity index (χ0n) is 11.5. The van der Waals surface area contributed by atoms with E-state index in [0.29, 0.717) is 18.2 Å². The Morgan fingerprint density at radius 2 is 2.06 bits per heavy atom. The number of ether oxygens (including phenoxy) is 1. The van der Waals surface area contributed by atoms with Crippen LogP contribution in [0.1, 0.15) is 26.3 Å². The van der Waals surface area contributed by atoms with Gasteiger partial charge in [-0.05, 0) is 37.5 Å². The van der Waals surface area contributed by atoms with Crippen LogP contribution in [0.5, 0.6) is 0 Å². The first kappa shape index (κ1) is 14.5. The fraction of sp³-hybridized carbons (Fsp3) is 0.500. The van der Waals surface area contributed by atoms with Gasteiger partial charge in [0.25, 0.3) is 5.91 Å². The second-order valence-electron chi connectivity index (χ2n) is 4.88. The number of nitrogens with one attached hydrogen (secondary N) is 1. The van der Waals surface area contributed by atoms with Crippen LogP contribution in [-0.4, -0.2) is 18.6 Å². The number of benzene rings is 1. The van der Waals surface area contributed by atoms with E-state index in [1.54, 1.807) is 6.92 Å². The Morgan fingerprint density at radius 3 is 2.67 bits per heavy atom. The lowest BCUT2D eigenvalue weighted by Crippen LogP contribution is -2.29. The van der Waals surface area contributed by atoms with E-state index in [2.05, 4.69) is 5.32 Å². The van der Waals surface area contributed by atoms with Gasteiger partial charge in [-0.1, -0.05) is 19.9 Å². The number of hydrogen-bond acceptors (Lipinski definition) is 3. The molecule has 0 spiro atoms. The maximum Gasteiger partial charge on any atom is 0.253 e.